The molecule has 0 N–H and O–H groups in total. The van der Waals surface area contributed by atoms with Gasteiger partial charge in [0.2, 0.25) is 5.91 Å². The van der Waals surface area contributed by atoms with Gasteiger partial charge in [-0.3, -0.25) is 4.79 Å². The molecule has 1 saturated heterocycles. The predicted octanol–water partition coefficient (Wildman–Crippen LogP) is 0.327. The molecule has 0 aromatic heterocycles. The van der Waals surface area contributed by atoms with E-state index < -0.39 is 15.3 Å². The van der Waals surface area contributed by atoms with Gasteiger partial charge in [0, 0.05) is 13.1 Å². The van der Waals surface area contributed by atoms with Gasteiger partial charge in [0.05, 0.1) is 17.6 Å². The van der Waals surface area contributed by atoms with Crippen molar-refractivity contribution >= 4 is 15.7 Å². The summed E-state index contributed by atoms with van der Waals surface area (Å²) in [5, 5.41) is 9.20. The lowest BCUT2D eigenvalue weighted by atomic mass is 9.86. The SMILES string of the molecule is N#CC1(C(=O)N2CCS(=O)(=O)CC2)CCCC1. The summed E-state index contributed by atoms with van der Waals surface area (Å²) >= 11 is 0. The van der Waals surface area contributed by atoms with Gasteiger partial charge in [-0.1, -0.05) is 12.8 Å². The Labute approximate surface area is 101 Å². The minimum absolute atomic E-state index is 0.0280. The van der Waals surface area contributed by atoms with Gasteiger partial charge in [-0.25, -0.2) is 8.42 Å². The first-order valence-corrected chi connectivity index (χ1v) is 7.72. The fourth-order valence-electron chi connectivity index (χ4n) is 2.57. The van der Waals surface area contributed by atoms with Crippen LogP contribution in [0.2, 0.25) is 0 Å². The summed E-state index contributed by atoms with van der Waals surface area (Å²) in [4.78, 5) is 13.8. The average Bonchev–Trinajstić information content (AvgIpc) is 2.78. The van der Waals surface area contributed by atoms with E-state index in [1.807, 2.05) is 0 Å². The van der Waals surface area contributed by atoms with Crippen LogP contribution in [-0.2, 0) is 14.6 Å². The van der Waals surface area contributed by atoms with E-state index in [4.69, 9.17) is 0 Å². The highest BCUT2D eigenvalue weighted by Crippen LogP contribution is 2.39. The van der Waals surface area contributed by atoms with E-state index in [-0.39, 0.29) is 30.5 Å². The normalized spacial score (nSPS) is 26.4. The maximum absolute atomic E-state index is 12.3. The van der Waals surface area contributed by atoms with Crippen molar-refractivity contribution in [1.82, 2.24) is 4.90 Å². The Balaban J connectivity index is 2.09. The number of carbonyl (C=O) groups is 1. The van der Waals surface area contributed by atoms with E-state index in [0.29, 0.717) is 12.8 Å². The Morgan fingerprint density at radius 3 is 2.18 bits per heavy atom. The molecule has 94 valence electrons. The maximum atomic E-state index is 12.3. The van der Waals surface area contributed by atoms with Crippen LogP contribution in [0.5, 0.6) is 0 Å². The summed E-state index contributed by atoms with van der Waals surface area (Å²) in [5.41, 5.74) is -0.874. The highest BCUT2D eigenvalue weighted by molar-refractivity contribution is 7.91. The molecule has 0 bridgehead atoms. The van der Waals surface area contributed by atoms with Crippen LogP contribution in [0, 0.1) is 16.7 Å². The van der Waals surface area contributed by atoms with E-state index >= 15 is 0 Å². The second kappa shape index (κ2) is 4.30. The van der Waals surface area contributed by atoms with E-state index in [2.05, 4.69) is 6.07 Å². The molecule has 0 unspecified atom stereocenters. The lowest BCUT2D eigenvalue weighted by Crippen LogP contribution is -2.49. The largest absolute Gasteiger partial charge is 0.339 e. The molecule has 1 aliphatic carbocycles. The number of sulfone groups is 1. The number of nitriles is 1. The van der Waals surface area contributed by atoms with Gasteiger partial charge in [-0.2, -0.15) is 5.26 Å². The van der Waals surface area contributed by atoms with Crippen LogP contribution in [0.15, 0.2) is 0 Å². The molecule has 0 radical (unpaired) electrons. The fraction of sp³-hybridized carbons (Fsp3) is 0.818. The summed E-state index contributed by atoms with van der Waals surface area (Å²) in [5.74, 6) is -0.104. The average molecular weight is 256 g/mol. The van der Waals surface area contributed by atoms with Crippen molar-refractivity contribution in [3.8, 4) is 6.07 Å². The maximum Gasteiger partial charge on any atom is 0.243 e. The summed E-state index contributed by atoms with van der Waals surface area (Å²) in [6, 6.07) is 2.15. The van der Waals surface area contributed by atoms with Gasteiger partial charge < -0.3 is 4.90 Å². The third-order valence-corrected chi connectivity index (χ3v) is 5.32. The van der Waals surface area contributed by atoms with Gasteiger partial charge in [0.25, 0.3) is 0 Å². The van der Waals surface area contributed by atoms with Gasteiger partial charge in [0.15, 0.2) is 9.84 Å². The van der Waals surface area contributed by atoms with E-state index in [0.717, 1.165) is 12.8 Å². The van der Waals surface area contributed by atoms with E-state index in [1.165, 1.54) is 0 Å². The standard InChI is InChI=1S/C11H16N2O3S/c12-9-11(3-1-2-4-11)10(14)13-5-7-17(15,16)8-6-13/h1-8H2. The lowest BCUT2D eigenvalue weighted by Gasteiger charge is -2.32. The van der Waals surface area contributed by atoms with Crippen molar-refractivity contribution < 1.29 is 13.2 Å². The molecule has 0 atom stereocenters. The second-order valence-electron chi connectivity index (χ2n) is 4.85. The molecule has 6 heteroatoms. The molecule has 17 heavy (non-hydrogen) atoms. The first-order chi connectivity index (χ1) is 7.99. The highest BCUT2D eigenvalue weighted by Gasteiger charge is 2.44. The molecule has 0 aromatic carbocycles. The van der Waals surface area contributed by atoms with Crippen LogP contribution in [0.25, 0.3) is 0 Å². The van der Waals surface area contributed by atoms with Crippen molar-refractivity contribution in [2.75, 3.05) is 24.6 Å². The number of hydrogen-bond donors (Lipinski definition) is 0. The summed E-state index contributed by atoms with van der Waals surface area (Å²) in [6.07, 6.45) is 3.05. The number of rotatable bonds is 1. The molecule has 5 nitrogen and oxygen atoms in total. The summed E-state index contributed by atoms with van der Waals surface area (Å²) in [7, 11) is -2.98. The second-order valence-corrected chi connectivity index (χ2v) is 7.15. The highest BCUT2D eigenvalue weighted by atomic mass is 32.2. The minimum Gasteiger partial charge on any atom is -0.339 e. The molecule has 2 fully saturated rings. The van der Waals surface area contributed by atoms with Crippen LogP contribution in [0.1, 0.15) is 25.7 Å². The third kappa shape index (κ3) is 2.29. The van der Waals surface area contributed by atoms with Gasteiger partial charge >= 0.3 is 0 Å². The van der Waals surface area contributed by atoms with Crippen molar-refractivity contribution in [3.63, 3.8) is 0 Å². The fourth-order valence-corrected chi connectivity index (χ4v) is 3.77. The Hall–Kier alpha value is -1.09. The monoisotopic (exact) mass is 256 g/mol. The number of carbonyl (C=O) groups excluding carboxylic acids is 1. The Bertz CT molecular complexity index is 444. The summed E-state index contributed by atoms with van der Waals surface area (Å²) in [6.45, 7) is 0.481. The van der Waals surface area contributed by atoms with E-state index in [1.54, 1.807) is 4.90 Å². The van der Waals surface area contributed by atoms with Gasteiger partial charge in [0.1, 0.15) is 5.41 Å². The lowest BCUT2D eigenvalue weighted by molar-refractivity contribution is -0.138. The van der Waals surface area contributed by atoms with Crippen LogP contribution in [0.3, 0.4) is 0 Å². The van der Waals surface area contributed by atoms with Crippen molar-refractivity contribution in [2.45, 2.75) is 25.7 Å². The van der Waals surface area contributed by atoms with Gasteiger partial charge in [-0.15, -0.1) is 0 Å². The Morgan fingerprint density at radius 1 is 1.18 bits per heavy atom. The third-order valence-electron chi connectivity index (χ3n) is 3.71. The molecular formula is C11H16N2O3S. The predicted molar refractivity (Wildman–Crippen MR) is 61.7 cm³/mol. The van der Waals surface area contributed by atoms with Crippen LogP contribution in [0.4, 0.5) is 0 Å². The van der Waals surface area contributed by atoms with Crippen LogP contribution in [-0.4, -0.2) is 43.8 Å². The molecule has 0 aromatic rings. The van der Waals surface area contributed by atoms with E-state index in [9.17, 15) is 18.5 Å². The zero-order valence-electron chi connectivity index (χ0n) is 9.68. The molecule has 1 heterocycles. The molecular weight excluding hydrogens is 240 g/mol. The number of hydrogen-bond acceptors (Lipinski definition) is 4. The topological polar surface area (TPSA) is 78.2 Å². The first kappa shape index (κ1) is 12.4. The first-order valence-electron chi connectivity index (χ1n) is 5.90. The molecule has 2 aliphatic rings. The van der Waals surface area contributed by atoms with Gasteiger partial charge in [-0.05, 0) is 12.8 Å². The minimum atomic E-state index is -2.98. The number of nitrogens with zero attached hydrogens (tertiary/aromatic N) is 2. The number of amides is 1. The van der Waals surface area contributed by atoms with Crippen molar-refractivity contribution in [3.05, 3.63) is 0 Å². The molecule has 1 aliphatic heterocycles. The van der Waals surface area contributed by atoms with Crippen LogP contribution < -0.4 is 0 Å². The smallest absolute Gasteiger partial charge is 0.243 e. The Morgan fingerprint density at radius 2 is 1.71 bits per heavy atom. The molecule has 1 saturated carbocycles. The van der Waals surface area contributed by atoms with Crippen molar-refractivity contribution in [2.24, 2.45) is 5.41 Å². The zero-order valence-corrected chi connectivity index (χ0v) is 10.5. The quantitative estimate of drug-likeness (QED) is 0.677. The Kier molecular flexibility index (Phi) is 3.13. The van der Waals surface area contributed by atoms with Crippen molar-refractivity contribution in [1.29, 1.82) is 5.26 Å². The molecule has 1 amide bonds. The zero-order chi connectivity index (χ0) is 12.5. The van der Waals surface area contributed by atoms with Crippen LogP contribution >= 0.6 is 0 Å². The summed E-state index contributed by atoms with van der Waals surface area (Å²) < 4.78 is 22.6. The molecule has 2 rings (SSSR count). The molecule has 0 spiro atoms.